The number of aryl methyl sites for hydroxylation is 1. The van der Waals surface area contributed by atoms with Crippen LogP contribution >= 0.6 is 11.8 Å². The zero-order chi connectivity index (χ0) is 20.9. The molecule has 1 amide bonds. The standard InChI is InChI=1S/C23H21N3O3S/c1-2-16-9-11-17(12-10-16)24-21(27)15-30-23-25-20-8-4-3-7-19(20)22(28)26(23)14-18-6-5-13-29-18/h3-13H,2,14-15H2,1H3,(H,24,27). The number of carbonyl (C=O) groups excluding carboxylic acids is 1. The Kier molecular flexibility index (Phi) is 5.99. The van der Waals surface area contributed by atoms with E-state index in [4.69, 9.17) is 4.42 Å². The van der Waals surface area contributed by atoms with Crippen LogP contribution in [0.5, 0.6) is 0 Å². The number of benzene rings is 2. The summed E-state index contributed by atoms with van der Waals surface area (Å²) in [5.74, 6) is 0.631. The van der Waals surface area contributed by atoms with E-state index < -0.39 is 0 Å². The average Bonchev–Trinajstić information content (AvgIpc) is 3.28. The molecule has 0 radical (unpaired) electrons. The second-order valence-electron chi connectivity index (χ2n) is 6.77. The van der Waals surface area contributed by atoms with Gasteiger partial charge >= 0.3 is 0 Å². The molecule has 4 rings (SSSR count). The van der Waals surface area contributed by atoms with Crippen LogP contribution < -0.4 is 10.9 Å². The number of hydrogen-bond acceptors (Lipinski definition) is 5. The second kappa shape index (κ2) is 9.00. The van der Waals surface area contributed by atoms with E-state index in [0.717, 1.165) is 12.1 Å². The molecule has 0 aliphatic rings. The zero-order valence-electron chi connectivity index (χ0n) is 16.5. The highest BCUT2D eigenvalue weighted by Gasteiger charge is 2.14. The van der Waals surface area contributed by atoms with E-state index in [1.165, 1.54) is 17.3 Å². The van der Waals surface area contributed by atoms with Gasteiger partial charge in [0, 0.05) is 5.69 Å². The number of hydrogen-bond donors (Lipinski definition) is 1. The summed E-state index contributed by atoms with van der Waals surface area (Å²) in [7, 11) is 0. The molecule has 2 aromatic carbocycles. The third-order valence-corrected chi connectivity index (χ3v) is 5.68. The Morgan fingerprint density at radius 3 is 2.63 bits per heavy atom. The van der Waals surface area contributed by atoms with Gasteiger partial charge in [-0.25, -0.2) is 4.98 Å². The van der Waals surface area contributed by atoms with Crippen LogP contribution in [0.4, 0.5) is 5.69 Å². The van der Waals surface area contributed by atoms with Crippen LogP contribution in [-0.4, -0.2) is 21.2 Å². The molecular formula is C23H21N3O3S. The molecule has 1 N–H and O–H groups in total. The van der Waals surface area contributed by atoms with Crippen molar-refractivity contribution in [2.45, 2.75) is 25.0 Å². The number of carbonyl (C=O) groups is 1. The van der Waals surface area contributed by atoms with Crippen molar-refractivity contribution in [3.63, 3.8) is 0 Å². The summed E-state index contributed by atoms with van der Waals surface area (Å²) in [6.45, 7) is 2.34. The summed E-state index contributed by atoms with van der Waals surface area (Å²) >= 11 is 1.23. The molecule has 0 atom stereocenters. The van der Waals surface area contributed by atoms with Gasteiger partial charge in [0.25, 0.3) is 5.56 Å². The number of nitrogens with zero attached hydrogens (tertiary/aromatic N) is 2. The van der Waals surface area contributed by atoms with Gasteiger partial charge in [0.1, 0.15) is 5.76 Å². The van der Waals surface area contributed by atoms with Crippen LogP contribution in [0.2, 0.25) is 0 Å². The molecule has 6 nitrogen and oxygen atoms in total. The molecule has 0 aliphatic carbocycles. The van der Waals surface area contributed by atoms with Crippen molar-refractivity contribution in [2.75, 3.05) is 11.1 Å². The first-order valence-electron chi connectivity index (χ1n) is 9.67. The molecule has 0 saturated carbocycles. The van der Waals surface area contributed by atoms with Gasteiger partial charge in [-0.3, -0.25) is 14.2 Å². The van der Waals surface area contributed by atoms with Crippen LogP contribution in [0.3, 0.4) is 0 Å². The fourth-order valence-corrected chi connectivity index (χ4v) is 3.91. The summed E-state index contributed by atoms with van der Waals surface area (Å²) in [5.41, 5.74) is 2.41. The lowest BCUT2D eigenvalue weighted by Crippen LogP contribution is -2.24. The van der Waals surface area contributed by atoms with Crippen molar-refractivity contribution in [3.8, 4) is 0 Å². The molecule has 30 heavy (non-hydrogen) atoms. The van der Waals surface area contributed by atoms with E-state index in [1.807, 2.05) is 42.5 Å². The maximum atomic E-state index is 13.0. The van der Waals surface area contributed by atoms with Crippen molar-refractivity contribution in [1.82, 2.24) is 9.55 Å². The number of fused-ring (bicyclic) bond motifs is 1. The number of amides is 1. The van der Waals surface area contributed by atoms with Gasteiger partial charge < -0.3 is 9.73 Å². The Morgan fingerprint density at radius 1 is 1.10 bits per heavy atom. The van der Waals surface area contributed by atoms with Gasteiger partial charge in [0.05, 0.1) is 29.5 Å². The Balaban J connectivity index is 1.56. The molecule has 0 aliphatic heterocycles. The number of anilines is 1. The molecule has 2 heterocycles. The lowest BCUT2D eigenvalue weighted by molar-refractivity contribution is -0.113. The molecular weight excluding hydrogens is 398 g/mol. The minimum absolute atomic E-state index is 0.137. The molecule has 0 unspecified atom stereocenters. The van der Waals surface area contributed by atoms with Crippen molar-refractivity contribution in [2.24, 2.45) is 0 Å². The van der Waals surface area contributed by atoms with E-state index in [9.17, 15) is 9.59 Å². The van der Waals surface area contributed by atoms with Crippen LogP contribution in [-0.2, 0) is 17.8 Å². The van der Waals surface area contributed by atoms with Gasteiger partial charge in [-0.2, -0.15) is 0 Å². The van der Waals surface area contributed by atoms with E-state index in [2.05, 4.69) is 17.2 Å². The normalized spacial score (nSPS) is 11.0. The van der Waals surface area contributed by atoms with Crippen molar-refractivity contribution in [3.05, 3.63) is 88.6 Å². The number of thioether (sulfide) groups is 1. The van der Waals surface area contributed by atoms with Gasteiger partial charge in [-0.05, 0) is 48.4 Å². The highest BCUT2D eigenvalue weighted by atomic mass is 32.2. The lowest BCUT2D eigenvalue weighted by Gasteiger charge is -2.12. The first-order valence-corrected chi connectivity index (χ1v) is 10.7. The molecule has 0 spiro atoms. The average molecular weight is 420 g/mol. The quantitative estimate of drug-likeness (QED) is 0.356. The first-order chi connectivity index (χ1) is 14.6. The van der Waals surface area contributed by atoms with E-state index >= 15 is 0 Å². The summed E-state index contributed by atoms with van der Waals surface area (Å²) in [5, 5.41) is 3.90. The van der Waals surface area contributed by atoms with Crippen LogP contribution in [0, 0.1) is 0 Å². The van der Waals surface area contributed by atoms with Crippen molar-refractivity contribution >= 4 is 34.3 Å². The molecule has 7 heteroatoms. The largest absolute Gasteiger partial charge is 0.467 e. The molecule has 4 aromatic rings. The molecule has 152 valence electrons. The van der Waals surface area contributed by atoms with Crippen LogP contribution in [0.15, 0.2) is 81.3 Å². The van der Waals surface area contributed by atoms with E-state index in [-0.39, 0.29) is 23.8 Å². The first kappa shape index (κ1) is 20.0. The SMILES string of the molecule is CCc1ccc(NC(=O)CSc2nc3ccccc3c(=O)n2Cc2ccco2)cc1. The molecule has 0 fully saturated rings. The minimum atomic E-state index is -0.157. The third kappa shape index (κ3) is 4.46. The van der Waals surface area contributed by atoms with E-state index in [1.54, 1.807) is 29.0 Å². The van der Waals surface area contributed by atoms with E-state index in [0.29, 0.717) is 21.8 Å². The number of aromatic nitrogens is 2. The minimum Gasteiger partial charge on any atom is -0.467 e. The Hall–Kier alpha value is -3.32. The van der Waals surface area contributed by atoms with Gasteiger partial charge in [0.15, 0.2) is 5.16 Å². The predicted molar refractivity (Wildman–Crippen MR) is 119 cm³/mol. The lowest BCUT2D eigenvalue weighted by atomic mass is 10.1. The van der Waals surface area contributed by atoms with Crippen molar-refractivity contribution < 1.29 is 9.21 Å². The summed E-state index contributed by atoms with van der Waals surface area (Å²) < 4.78 is 6.96. The highest BCUT2D eigenvalue weighted by molar-refractivity contribution is 7.99. The number of rotatable bonds is 7. The number of furan rings is 1. The Labute approximate surface area is 177 Å². The van der Waals surface area contributed by atoms with Crippen LogP contribution in [0.25, 0.3) is 10.9 Å². The third-order valence-electron chi connectivity index (χ3n) is 4.70. The Morgan fingerprint density at radius 2 is 1.90 bits per heavy atom. The summed E-state index contributed by atoms with van der Waals surface area (Å²) in [6.07, 6.45) is 2.52. The fraction of sp³-hybridized carbons (Fsp3) is 0.174. The highest BCUT2D eigenvalue weighted by Crippen LogP contribution is 2.20. The molecule has 0 bridgehead atoms. The predicted octanol–water partition coefficient (Wildman–Crippen LogP) is 4.33. The van der Waals surface area contributed by atoms with Gasteiger partial charge in [0.2, 0.25) is 5.91 Å². The second-order valence-corrected chi connectivity index (χ2v) is 7.71. The van der Waals surface area contributed by atoms with Crippen molar-refractivity contribution in [1.29, 1.82) is 0 Å². The Bertz CT molecular complexity index is 1210. The van der Waals surface area contributed by atoms with Gasteiger partial charge in [-0.1, -0.05) is 43.0 Å². The smallest absolute Gasteiger partial charge is 0.262 e. The molecule has 0 saturated heterocycles. The monoisotopic (exact) mass is 419 g/mol. The number of nitrogens with one attached hydrogen (secondary N) is 1. The summed E-state index contributed by atoms with van der Waals surface area (Å²) in [4.78, 5) is 30.1. The molecule has 2 aromatic heterocycles. The fourth-order valence-electron chi connectivity index (χ4n) is 3.11. The maximum absolute atomic E-state index is 13.0. The maximum Gasteiger partial charge on any atom is 0.262 e. The number of para-hydroxylation sites is 1. The van der Waals surface area contributed by atoms with Gasteiger partial charge in [-0.15, -0.1) is 0 Å². The summed E-state index contributed by atoms with van der Waals surface area (Å²) in [6, 6.07) is 18.6. The van der Waals surface area contributed by atoms with Crippen LogP contribution in [0.1, 0.15) is 18.2 Å². The zero-order valence-corrected chi connectivity index (χ0v) is 17.3. The topological polar surface area (TPSA) is 77.1 Å².